The van der Waals surface area contributed by atoms with E-state index in [1.807, 2.05) is 12.1 Å². The molecule has 1 atom stereocenters. The number of amides is 1. The summed E-state index contributed by atoms with van der Waals surface area (Å²) in [6.07, 6.45) is -0.258. The molecule has 2 aromatic rings. The highest BCUT2D eigenvalue weighted by Crippen LogP contribution is 2.40. The first-order chi connectivity index (χ1) is 11.1. The van der Waals surface area contributed by atoms with Gasteiger partial charge in [-0.1, -0.05) is 30.3 Å². The van der Waals surface area contributed by atoms with Crippen molar-refractivity contribution in [2.75, 3.05) is 4.90 Å². The second-order valence-corrected chi connectivity index (χ2v) is 6.43. The average molecular weight is 331 g/mol. The Morgan fingerprint density at radius 3 is 2.61 bits per heavy atom. The van der Waals surface area contributed by atoms with Gasteiger partial charge in [0, 0.05) is 10.5 Å². The van der Waals surface area contributed by atoms with Crippen molar-refractivity contribution in [3.8, 4) is 0 Å². The van der Waals surface area contributed by atoms with Crippen molar-refractivity contribution in [1.29, 1.82) is 0 Å². The van der Waals surface area contributed by atoms with Crippen LogP contribution in [0.4, 0.5) is 10.1 Å². The Hall–Kier alpha value is -2.34. The molecule has 1 aliphatic heterocycles. The SMILES string of the molecule is O=C(O)CC1Sc2ccccc2N(Cc2ccccc2F)C1=O. The van der Waals surface area contributed by atoms with Crippen LogP contribution in [0.5, 0.6) is 0 Å². The second kappa shape index (κ2) is 6.42. The Bertz CT molecular complexity index is 765. The third kappa shape index (κ3) is 3.22. The van der Waals surface area contributed by atoms with E-state index in [0.29, 0.717) is 11.3 Å². The Morgan fingerprint density at radius 1 is 1.17 bits per heavy atom. The van der Waals surface area contributed by atoms with Crippen LogP contribution in [0.2, 0.25) is 0 Å². The number of rotatable bonds is 4. The smallest absolute Gasteiger partial charge is 0.305 e. The molecule has 0 aromatic heterocycles. The summed E-state index contributed by atoms with van der Waals surface area (Å²) >= 11 is 1.25. The normalized spacial score (nSPS) is 17.0. The first kappa shape index (κ1) is 15.6. The van der Waals surface area contributed by atoms with Gasteiger partial charge in [-0.05, 0) is 18.2 Å². The molecule has 0 saturated carbocycles. The van der Waals surface area contributed by atoms with Gasteiger partial charge < -0.3 is 10.0 Å². The highest BCUT2D eigenvalue weighted by atomic mass is 32.2. The summed E-state index contributed by atoms with van der Waals surface area (Å²) in [5, 5.41) is 8.31. The number of carboxylic acid groups (broad SMARTS) is 1. The number of carbonyl (C=O) groups is 2. The number of hydrogen-bond donors (Lipinski definition) is 1. The minimum atomic E-state index is -1.03. The lowest BCUT2D eigenvalue weighted by molar-refractivity contribution is -0.138. The molecule has 0 spiro atoms. The van der Waals surface area contributed by atoms with Gasteiger partial charge in [0.05, 0.1) is 23.9 Å². The van der Waals surface area contributed by atoms with Crippen molar-refractivity contribution in [2.24, 2.45) is 0 Å². The quantitative estimate of drug-likeness (QED) is 0.934. The lowest BCUT2D eigenvalue weighted by Crippen LogP contribution is -2.41. The fraction of sp³-hybridized carbons (Fsp3) is 0.176. The number of fused-ring (bicyclic) bond motifs is 1. The molecule has 2 aromatic carbocycles. The topological polar surface area (TPSA) is 57.6 Å². The lowest BCUT2D eigenvalue weighted by Gasteiger charge is -2.33. The standard InChI is InChI=1S/C17H14FNO3S/c18-12-6-2-1-5-11(12)10-19-13-7-3-4-8-14(13)23-15(17(19)22)9-16(20)21/h1-8,15H,9-10H2,(H,20,21). The molecule has 4 nitrogen and oxygen atoms in total. The van der Waals surface area contributed by atoms with Crippen LogP contribution in [0.1, 0.15) is 12.0 Å². The Morgan fingerprint density at radius 2 is 1.87 bits per heavy atom. The van der Waals surface area contributed by atoms with Crippen molar-refractivity contribution in [3.63, 3.8) is 0 Å². The van der Waals surface area contributed by atoms with Gasteiger partial charge in [-0.15, -0.1) is 11.8 Å². The third-order valence-corrected chi connectivity index (χ3v) is 4.87. The number of carbonyl (C=O) groups excluding carboxylic acids is 1. The van der Waals surface area contributed by atoms with E-state index in [0.717, 1.165) is 4.90 Å². The molecule has 1 amide bonds. The zero-order valence-electron chi connectivity index (χ0n) is 12.1. The molecular formula is C17H14FNO3S. The zero-order chi connectivity index (χ0) is 16.4. The molecular weight excluding hydrogens is 317 g/mol. The first-order valence-electron chi connectivity index (χ1n) is 7.08. The lowest BCUT2D eigenvalue weighted by atomic mass is 10.1. The van der Waals surface area contributed by atoms with Crippen molar-refractivity contribution < 1.29 is 19.1 Å². The first-order valence-corrected chi connectivity index (χ1v) is 7.96. The van der Waals surface area contributed by atoms with E-state index < -0.39 is 11.2 Å². The van der Waals surface area contributed by atoms with Gasteiger partial charge in [0.2, 0.25) is 5.91 Å². The molecule has 3 rings (SSSR count). The number of hydrogen-bond acceptors (Lipinski definition) is 3. The number of thioether (sulfide) groups is 1. The molecule has 1 aliphatic rings. The van der Waals surface area contributed by atoms with Crippen LogP contribution in [0.25, 0.3) is 0 Å². The van der Waals surface area contributed by atoms with Crippen LogP contribution in [0.15, 0.2) is 53.4 Å². The van der Waals surface area contributed by atoms with E-state index in [-0.39, 0.29) is 24.7 Å². The number of halogens is 1. The summed E-state index contributed by atoms with van der Waals surface area (Å²) in [5.74, 6) is -1.72. The van der Waals surface area contributed by atoms with E-state index in [1.54, 1.807) is 30.3 Å². The number of aliphatic carboxylic acids is 1. The zero-order valence-corrected chi connectivity index (χ0v) is 12.9. The minimum Gasteiger partial charge on any atom is -0.481 e. The summed E-state index contributed by atoms with van der Waals surface area (Å²) in [7, 11) is 0. The summed E-state index contributed by atoms with van der Waals surface area (Å²) in [6, 6.07) is 13.5. The molecule has 0 saturated heterocycles. The monoisotopic (exact) mass is 331 g/mol. The molecule has 23 heavy (non-hydrogen) atoms. The van der Waals surface area contributed by atoms with Crippen LogP contribution in [-0.2, 0) is 16.1 Å². The van der Waals surface area contributed by atoms with Gasteiger partial charge in [-0.25, -0.2) is 4.39 Å². The Kier molecular flexibility index (Phi) is 4.34. The second-order valence-electron chi connectivity index (χ2n) is 5.19. The largest absolute Gasteiger partial charge is 0.481 e. The molecule has 0 aliphatic carbocycles. The molecule has 1 N–H and O–H groups in total. The van der Waals surface area contributed by atoms with E-state index in [4.69, 9.17) is 5.11 Å². The minimum absolute atomic E-state index is 0.0825. The van der Waals surface area contributed by atoms with Crippen LogP contribution < -0.4 is 4.90 Å². The molecule has 1 unspecified atom stereocenters. The fourth-order valence-corrected chi connectivity index (χ4v) is 3.74. The fourth-order valence-electron chi connectivity index (χ4n) is 2.52. The number of para-hydroxylation sites is 1. The number of nitrogens with zero attached hydrogens (tertiary/aromatic N) is 1. The Labute approximate surface area is 136 Å². The van der Waals surface area contributed by atoms with Crippen molar-refractivity contribution in [2.45, 2.75) is 23.1 Å². The van der Waals surface area contributed by atoms with Crippen LogP contribution >= 0.6 is 11.8 Å². The van der Waals surface area contributed by atoms with Crippen molar-refractivity contribution in [3.05, 3.63) is 59.9 Å². The highest BCUT2D eigenvalue weighted by molar-refractivity contribution is 8.01. The van der Waals surface area contributed by atoms with Crippen molar-refractivity contribution in [1.82, 2.24) is 0 Å². The molecule has 1 heterocycles. The summed E-state index contributed by atoms with van der Waals surface area (Å²) in [5.41, 5.74) is 1.09. The number of anilines is 1. The predicted molar refractivity (Wildman–Crippen MR) is 85.9 cm³/mol. The van der Waals surface area contributed by atoms with Gasteiger partial charge in [-0.3, -0.25) is 9.59 Å². The molecule has 118 valence electrons. The van der Waals surface area contributed by atoms with E-state index >= 15 is 0 Å². The molecule has 0 radical (unpaired) electrons. The number of carboxylic acids is 1. The van der Waals surface area contributed by atoms with Gasteiger partial charge in [0.1, 0.15) is 5.82 Å². The van der Waals surface area contributed by atoms with Crippen molar-refractivity contribution >= 4 is 29.3 Å². The maximum atomic E-state index is 13.9. The summed E-state index contributed by atoms with van der Waals surface area (Å²) in [4.78, 5) is 26.0. The van der Waals surface area contributed by atoms with Crippen LogP contribution in [0, 0.1) is 5.82 Å². The maximum Gasteiger partial charge on any atom is 0.305 e. The van der Waals surface area contributed by atoms with E-state index in [2.05, 4.69) is 0 Å². The van der Waals surface area contributed by atoms with Gasteiger partial charge >= 0.3 is 5.97 Å². The number of benzene rings is 2. The maximum absolute atomic E-state index is 13.9. The third-order valence-electron chi connectivity index (χ3n) is 3.61. The predicted octanol–water partition coefficient (Wildman–Crippen LogP) is 3.31. The van der Waals surface area contributed by atoms with Crippen LogP contribution in [-0.4, -0.2) is 22.2 Å². The van der Waals surface area contributed by atoms with Gasteiger partial charge in [-0.2, -0.15) is 0 Å². The summed E-state index contributed by atoms with van der Waals surface area (Å²) < 4.78 is 13.9. The molecule has 6 heteroatoms. The van der Waals surface area contributed by atoms with E-state index in [9.17, 15) is 14.0 Å². The van der Waals surface area contributed by atoms with Gasteiger partial charge in [0.25, 0.3) is 0 Å². The average Bonchev–Trinajstić information content (AvgIpc) is 2.52. The highest BCUT2D eigenvalue weighted by Gasteiger charge is 2.35. The summed E-state index contributed by atoms with van der Waals surface area (Å²) in [6.45, 7) is 0.0825. The van der Waals surface area contributed by atoms with Crippen LogP contribution in [0.3, 0.4) is 0 Å². The van der Waals surface area contributed by atoms with Gasteiger partial charge in [0.15, 0.2) is 0 Å². The van der Waals surface area contributed by atoms with E-state index in [1.165, 1.54) is 22.7 Å². The Balaban J connectivity index is 1.97. The molecule has 0 fully saturated rings. The molecule has 0 bridgehead atoms.